The zero-order chi connectivity index (χ0) is 22.6. The predicted octanol–water partition coefficient (Wildman–Crippen LogP) is 5.15. The molecule has 0 atom stereocenters. The van der Waals surface area contributed by atoms with Crippen LogP contribution >= 0.6 is 15.9 Å². The fraction of sp³-hybridized carbons (Fsp3) is 0.435. The molecule has 1 saturated heterocycles. The molecule has 0 spiro atoms. The van der Waals surface area contributed by atoms with Crippen molar-refractivity contribution in [1.29, 1.82) is 0 Å². The molecule has 168 valence electrons. The Morgan fingerprint density at radius 1 is 1.13 bits per heavy atom. The third-order valence-corrected chi connectivity index (χ3v) is 7.99. The topological polar surface area (TPSA) is 75.7 Å². The average molecular weight is 509 g/mol. The van der Waals surface area contributed by atoms with E-state index in [0.717, 1.165) is 53.4 Å². The number of hydrogen-bond donors (Lipinski definition) is 1. The van der Waals surface area contributed by atoms with Gasteiger partial charge in [-0.15, -0.1) is 0 Å². The first-order chi connectivity index (χ1) is 14.8. The van der Waals surface area contributed by atoms with Crippen LogP contribution in [0.15, 0.2) is 39.7 Å². The Morgan fingerprint density at radius 2 is 1.81 bits per heavy atom. The number of nitrogens with zero attached hydrogens (tertiary/aromatic N) is 1. The van der Waals surface area contributed by atoms with Crippen molar-refractivity contribution in [2.45, 2.75) is 50.8 Å². The average Bonchev–Trinajstić information content (AvgIpc) is 3.05. The highest BCUT2D eigenvalue weighted by Gasteiger charge is 2.29. The molecule has 6 nitrogen and oxygen atoms in total. The first-order valence-corrected chi connectivity index (χ1v) is 12.8. The lowest BCUT2D eigenvalue weighted by Crippen LogP contribution is -2.32. The summed E-state index contributed by atoms with van der Waals surface area (Å²) < 4.78 is 34.5. The maximum absolute atomic E-state index is 13.4. The van der Waals surface area contributed by atoms with Gasteiger partial charge in [0.1, 0.15) is 10.6 Å². The number of ether oxygens (including phenoxy) is 1. The Bertz CT molecular complexity index is 1060. The minimum absolute atomic E-state index is 0.0350. The Morgan fingerprint density at radius 3 is 2.42 bits per heavy atom. The van der Waals surface area contributed by atoms with Crippen molar-refractivity contribution in [2.24, 2.45) is 0 Å². The largest absolute Gasteiger partial charge is 0.495 e. The van der Waals surface area contributed by atoms with Crippen LogP contribution in [-0.2, 0) is 16.4 Å². The van der Waals surface area contributed by atoms with Gasteiger partial charge in [0, 0.05) is 28.8 Å². The maximum Gasteiger partial charge on any atom is 0.255 e. The second kappa shape index (κ2) is 10.1. The minimum Gasteiger partial charge on any atom is -0.495 e. The Balaban J connectivity index is 1.96. The number of amides is 1. The van der Waals surface area contributed by atoms with Crippen molar-refractivity contribution in [2.75, 3.05) is 25.5 Å². The van der Waals surface area contributed by atoms with E-state index in [9.17, 15) is 13.2 Å². The number of sulfonamides is 1. The molecule has 0 aromatic heterocycles. The molecule has 1 aliphatic rings. The second-order valence-corrected chi connectivity index (χ2v) is 10.6. The Kier molecular flexibility index (Phi) is 7.78. The third-order valence-electron chi connectivity index (χ3n) is 5.61. The number of aryl methyl sites for hydroxylation is 2. The van der Waals surface area contributed by atoms with E-state index in [-0.39, 0.29) is 22.1 Å². The Hall–Kier alpha value is -1.90. The summed E-state index contributed by atoms with van der Waals surface area (Å²) in [5.41, 5.74) is 2.97. The van der Waals surface area contributed by atoms with E-state index < -0.39 is 10.0 Å². The predicted molar refractivity (Wildman–Crippen MR) is 126 cm³/mol. The van der Waals surface area contributed by atoms with Gasteiger partial charge in [0.2, 0.25) is 10.0 Å². The van der Waals surface area contributed by atoms with Crippen molar-refractivity contribution in [3.8, 4) is 5.75 Å². The van der Waals surface area contributed by atoms with E-state index in [2.05, 4.69) is 21.2 Å². The van der Waals surface area contributed by atoms with Gasteiger partial charge in [0.25, 0.3) is 5.91 Å². The highest BCUT2D eigenvalue weighted by Crippen LogP contribution is 2.31. The number of carbonyl (C=O) groups is 1. The lowest BCUT2D eigenvalue weighted by molar-refractivity contribution is 0.102. The van der Waals surface area contributed by atoms with Gasteiger partial charge in [-0.25, -0.2) is 8.42 Å². The van der Waals surface area contributed by atoms with Gasteiger partial charge in [-0.2, -0.15) is 4.31 Å². The van der Waals surface area contributed by atoms with E-state index in [1.807, 2.05) is 26.0 Å². The number of carbonyl (C=O) groups excluding carboxylic acids is 1. The number of anilines is 1. The fourth-order valence-corrected chi connectivity index (χ4v) is 6.21. The standard InChI is InChI=1S/C23H29BrN2O4S/c1-4-17-14-19(24)13-16(2)22(17)25-23(27)18-9-10-20(30-3)21(15-18)31(28,29)26-11-7-5-6-8-12-26/h9-10,13-15H,4-8,11-12H2,1-3H3,(H,25,27). The van der Waals surface area contributed by atoms with Crippen LogP contribution in [0, 0.1) is 6.92 Å². The molecular weight excluding hydrogens is 480 g/mol. The molecule has 8 heteroatoms. The van der Waals surface area contributed by atoms with E-state index in [0.29, 0.717) is 13.1 Å². The zero-order valence-electron chi connectivity index (χ0n) is 18.2. The summed E-state index contributed by atoms with van der Waals surface area (Å²) in [5, 5.41) is 2.97. The molecule has 2 aromatic carbocycles. The first-order valence-electron chi connectivity index (χ1n) is 10.6. The molecule has 31 heavy (non-hydrogen) atoms. The third kappa shape index (κ3) is 5.30. The number of benzene rings is 2. The molecule has 3 rings (SSSR count). The van der Waals surface area contributed by atoms with Crippen LogP contribution in [0.3, 0.4) is 0 Å². The number of rotatable bonds is 6. The van der Waals surface area contributed by atoms with Crippen molar-refractivity contribution >= 4 is 37.5 Å². The van der Waals surface area contributed by atoms with E-state index in [1.54, 1.807) is 12.1 Å². The molecule has 0 saturated carbocycles. The van der Waals surface area contributed by atoms with Crippen LogP contribution in [0.1, 0.15) is 54.1 Å². The molecule has 1 amide bonds. The molecule has 0 unspecified atom stereocenters. The summed E-state index contributed by atoms with van der Waals surface area (Å²) in [7, 11) is -2.32. The van der Waals surface area contributed by atoms with Gasteiger partial charge in [-0.05, 0) is 67.6 Å². The molecule has 1 heterocycles. The second-order valence-electron chi connectivity index (χ2n) is 7.75. The molecule has 2 aromatic rings. The summed E-state index contributed by atoms with van der Waals surface area (Å²) in [6, 6.07) is 8.49. The number of hydrogen-bond acceptors (Lipinski definition) is 4. The van der Waals surface area contributed by atoms with Gasteiger partial charge < -0.3 is 10.1 Å². The smallest absolute Gasteiger partial charge is 0.255 e. The molecule has 1 aliphatic heterocycles. The van der Waals surface area contributed by atoms with Gasteiger partial charge in [-0.1, -0.05) is 35.7 Å². The number of nitrogens with one attached hydrogen (secondary N) is 1. The van der Waals surface area contributed by atoms with Crippen molar-refractivity contribution in [1.82, 2.24) is 4.31 Å². The molecule has 1 fully saturated rings. The van der Waals surface area contributed by atoms with E-state index in [1.165, 1.54) is 17.5 Å². The van der Waals surface area contributed by atoms with Gasteiger partial charge in [0.15, 0.2) is 0 Å². The van der Waals surface area contributed by atoms with Crippen LogP contribution in [0.2, 0.25) is 0 Å². The van der Waals surface area contributed by atoms with Crippen molar-refractivity contribution < 1.29 is 17.9 Å². The van der Waals surface area contributed by atoms with Crippen LogP contribution in [0.4, 0.5) is 5.69 Å². The van der Waals surface area contributed by atoms with Crippen LogP contribution in [0.25, 0.3) is 0 Å². The van der Waals surface area contributed by atoms with Gasteiger partial charge in [-0.3, -0.25) is 4.79 Å². The minimum atomic E-state index is -3.76. The summed E-state index contributed by atoms with van der Waals surface area (Å²) in [4.78, 5) is 13.1. The first kappa shape index (κ1) is 23.8. The van der Waals surface area contributed by atoms with Gasteiger partial charge >= 0.3 is 0 Å². The SMILES string of the molecule is CCc1cc(Br)cc(C)c1NC(=O)c1ccc(OC)c(S(=O)(=O)N2CCCCCC2)c1. The van der Waals surface area contributed by atoms with Crippen LogP contribution in [0.5, 0.6) is 5.75 Å². The lowest BCUT2D eigenvalue weighted by Gasteiger charge is -2.22. The molecule has 0 bridgehead atoms. The fourth-order valence-electron chi connectivity index (χ4n) is 3.90. The van der Waals surface area contributed by atoms with E-state index >= 15 is 0 Å². The quantitative estimate of drug-likeness (QED) is 0.585. The lowest BCUT2D eigenvalue weighted by atomic mass is 10.1. The van der Waals surface area contributed by atoms with Crippen LogP contribution < -0.4 is 10.1 Å². The summed E-state index contributed by atoms with van der Waals surface area (Å²) in [6.07, 6.45) is 4.48. The van der Waals surface area contributed by atoms with E-state index in [4.69, 9.17) is 4.74 Å². The number of methoxy groups -OCH3 is 1. The molecule has 1 N–H and O–H groups in total. The van der Waals surface area contributed by atoms with Crippen LogP contribution in [-0.4, -0.2) is 38.8 Å². The van der Waals surface area contributed by atoms with Crippen molar-refractivity contribution in [3.63, 3.8) is 0 Å². The molecule has 0 radical (unpaired) electrons. The normalized spacial score (nSPS) is 15.4. The highest BCUT2D eigenvalue weighted by atomic mass is 79.9. The Labute approximate surface area is 193 Å². The van der Waals surface area contributed by atoms with Crippen molar-refractivity contribution in [3.05, 3.63) is 51.5 Å². The molecular formula is C23H29BrN2O4S. The summed E-state index contributed by atoms with van der Waals surface area (Å²) in [5.74, 6) is -0.107. The molecule has 0 aliphatic carbocycles. The van der Waals surface area contributed by atoms with Gasteiger partial charge in [0.05, 0.1) is 7.11 Å². The highest BCUT2D eigenvalue weighted by molar-refractivity contribution is 9.10. The summed E-state index contributed by atoms with van der Waals surface area (Å²) in [6.45, 7) is 4.93. The zero-order valence-corrected chi connectivity index (χ0v) is 20.6. The summed E-state index contributed by atoms with van der Waals surface area (Å²) >= 11 is 3.49. The maximum atomic E-state index is 13.4. The monoisotopic (exact) mass is 508 g/mol. The number of halogens is 1.